The molecule has 0 saturated heterocycles. The Morgan fingerprint density at radius 2 is 2.09 bits per heavy atom. The van der Waals surface area contributed by atoms with Crippen LogP contribution in [0, 0.1) is 0 Å². The van der Waals surface area contributed by atoms with Gasteiger partial charge in [-0.2, -0.15) is 5.10 Å². The SMILES string of the molecule is CC(C)c1ccc(/C=C/C(=O)NCCn2cc(Cl)cn2)cc1. The number of carbonyl (C=O) groups excluding carboxylic acids is 1. The van der Waals surface area contributed by atoms with E-state index < -0.39 is 0 Å². The highest BCUT2D eigenvalue weighted by atomic mass is 35.5. The summed E-state index contributed by atoms with van der Waals surface area (Å²) in [7, 11) is 0. The van der Waals surface area contributed by atoms with Gasteiger partial charge in [0, 0.05) is 18.8 Å². The molecule has 116 valence electrons. The first-order valence-electron chi connectivity index (χ1n) is 7.28. The average molecular weight is 318 g/mol. The van der Waals surface area contributed by atoms with Crippen molar-refractivity contribution in [3.63, 3.8) is 0 Å². The van der Waals surface area contributed by atoms with Crippen molar-refractivity contribution in [2.75, 3.05) is 6.54 Å². The van der Waals surface area contributed by atoms with Crippen LogP contribution >= 0.6 is 11.6 Å². The highest BCUT2D eigenvalue weighted by molar-refractivity contribution is 6.30. The third kappa shape index (κ3) is 5.04. The van der Waals surface area contributed by atoms with Crippen molar-refractivity contribution in [1.29, 1.82) is 0 Å². The zero-order valence-electron chi connectivity index (χ0n) is 12.8. The summed E-state index contributed by atoms with van der Waals surface area (Å²) >= 11 is 5.77. The molecule has 0 unspecified atom stereocenters. The lowest BCUT2D eigenvalue weighted by atomic mass is 10.0. The second-order valence-electron chi connectivity index (χ2n) is 5.37. The maximum Gasteiger partial charge on any atom is 0.244 e. The van der Waals surface area contributed by atoms with Crippen LogP contribution in [0.25, 0.3) is 6.08 Å². The van der Waals surface area contributed by atoms with E-state index in [-0.39, 0.29) is 5.91 Å². The van der Waals surface area contributed by atoms with Gasteiger partial charge in [0.15, 0.2) is 0 Å². The fraction of sp³-hybridized carbons (Fsp3) is 0.294. The van der Waals surface area contributed by atoms with E-state index in [0.717, 1.165) is 5.56 Å². The highest BCUT2D eigenvalue weighted by Gasteiger charge is 1.99. The van der Waals surface area contributed by atoms with Gasteiger partial charge in [-0.3, -0.25) is 9.48 Å². The normalized spacial score (nSPS) is 11.3. The van der Waals surface area contributed by atoms with Crippen LogP contribution in [-0.2, 0) is 11.3 Å². The molecule has 0 fully saturated rings. The molecule has 2 rings (SSSR count). The van der Waals surface area contributed by atoms with Crippen LogP contribution in [0.1, 0.15) is 30.9 Å². The molecule has 1 aromatic heterocycles. The van der Waals surface area contributed by atoms with Crippen LogP contribution in [-0.4, -0.2) is 22.2 Å². The standard InChI is InChI=1S/C17H20ClN3O/c1-13(2)15-6-3-14(4-7-15)5-8-17(22)19-9-10-21-12-16(18)11-20-21/h3-8,11-13H,9-10H2,1-2H3,(H,19,22)/b8-5+. The van der Waals surface area contributed by atoms with Gasteiger partial charge in [-0.15, -0.1) is 0 Å². The number of nitrogens with one attached hydrogen (secondary N) is 1. The minimum absolute atomic E-state index is 0.119. The van der Waals surface area contributed by atoms with Crippen LogP contribution in [0.4, 0.5) is 0 Å². The molecule has 4 nitrogen and oxygen atoms in total. The van der Waals surface area contributed by atoms with Gasteiger partial charge in [-0.25, -0.2) is 0 Å². The van der Waals surface area contributed by atoms with Gasteiger partial charge in [-0.1, -0.05) is 49.7 Å². The van der Waals surface area contributed by atoms with Crippen molar-refractivity contribution >= 4 is 23.6 Å². The molecule has 0 saturated carbocycles. The second kappa shape index (κ2) is 7.80. The van der Waals surface area contributed by atoms with Gasteiger partial charge in [0.2, 0.25) is 5.91 Å². The third-order valence-corrected chi connectivity index (χ3v) is 3.47. The molecule has 0 aliphatic carbocycles. The lowest BCUT2D eigenvalue weighted by molar-refractivity contribution is -0.116. The second-order valence-corrected chi connectivity index (χ2v) is 5.80. The van der Waals surface area contributed by atoms with Gasteiger partial charge in [0.05, 0.1) is 17.8 Å². The molecule has 1 amide bonds. The number of amides is 1. The minimum atomic E-state index is -0.119. The summed E-state index contributed by atoms with van der Waals surface area (Å²) in [6.45, 7) is 5.42. The predicted molar refractivity (Wildman–Crippen MR) is 89.8 cm³/mol. The summed E-state index contributed by atoms with van der Waals surface area (Å²) < 4.78 is 1.69. The quantitative estimate of drug-likeness (QED) is 0.829. The molecule has 2 aromatic rings. The highest BCUT2D eigenvalue weighted by Crippen LogP contribution is 2.15. The average Bonchev–Trinajstić information content (AvgIpc) is 2.91. The monoisotopic (exact) mass is 317 g/mol. The molecule has 1 heterocycles. The lowest BCUT2D eigenvalue weighted by Crippen LogP contribution is -2.25. The van der Waals surface area contributed by atoms with E-state index in [1.807, 2.05) is 18.2 Å². The zero-order valence-corrected chi connectivity index (χ0v) is 13.5. The number of nitrogens with zero attached hydrogens (tertiary/aromatic N) is 2. The summed E-state index contributed by atoms with van der Waals surface area (Å²) in [5.41, 5.74) is 2.30. The summed E-state index contributed by atoms with van der Waals surface area (Å²) in [6, 6.07) is 8.21. The topological polar surface area (TPSA) is 46.9 Å². The van der Waals surface area contributed by atoms with Crippen molar-refractivity contribution in [2.45, 2.75) is 26.3 Å². The maximum absolute atomic E-state index is 11.7. The summed E-state index contributed by atoms with van der Waals surface area (Å²) in [4.78, 5) is 11.7. The van der Waals surface area contributed by atoms with Gasteiger partial charge < -0.3 is 5.32 Å². The Balaban J connectivity index is 1.78. The van der Waals surface area contributed by atoms with Crippen molar-refractivity contribution in [3.05, 3.63) is 58.9 Å². The Kier molecular flexibility index (Phi) is 5.78. The first-order chi connectivity index (χ1) is 10.5. The molecule has 0 radical (unpaired) electrons. The number of aromatic nitrogens is 2. The van der Waals surface area contributed by atoms with Crippen LogP contribution in [0.5, 0.6) is 0 Å². The van der Waals surface area contributed by atoms with Crippen LogP contribution in [0.2, 0.25) is 5.02 Å². The van der Waals surface area contributed by atoms with E-state index in [1.54, 1.807) is 23.2 Å². The minimum Gasteiger partial charge on any atom is -0.351 e. The van der Waals surface area contributed by atoms with Gasteiger partial charge in [0.25, 0.3) is 0 Å². The smallest absolute Gasteiger partial charge is 0.244 e. The fourth-order valence-corrected chi connectivity index (χ4v) is 2.13. The van der Waals surface area contributed by atoms with E-state index in [9.17, 15) is 4.79 Å². The molecule has 0 aliphatic heterocycles. The van der Waals surface area contributed by atoms with Crippen molar-refractivity contribution in [2.24, 2.45) is 0 Å². The molecule has 0 bridgehead atoms. The molecular weight excluding hydrogens is 298 g/mol. The summed E-state index contributed by atoms with van der Waals surface area (Å²) in [5, 5.41) is 7.45. The summed E-state index contributed by atoms with van der Waals surface area (Å²) in [6.07, 6.45) is 6.65. The molecule has 0 spiro atoms. The van der Waals surface area contributed by atoms with Crippen molar-refractivity contribution in [1.82, 2.24) is 15.1 Å². The first-order valence-corrected chi connectivity index (χ1v) is 7.66. The van der Waals surface area contributed by atoms with Crippen molar-refractivity contribution in [3.8, 4) is 0 Å². The molecule has 22 heavy (non-hydrogen) atoms. The maximum atomic E-state index is 11.7. The largest absolute Gasteiger partial charge is 0.351 e. The predicted octanol–water partition coefficient (Wildman–Crippen LogP) is 3.49. The molecule has 1 N–H and O–H groups in total. The zero-order chi connectivity index (χ0) is 15.9. The number of hydrogen-bond acceptors (Lipinski definition) is 2. The molecule has 1 aromatic carbocycles. The van der Waals surface area contributed by atoms with Gasteiger partial charge in [-0.05, 0) is 23.1 Å². The molecule has 0 atom stereocenters. The van der Waals surface area contributed by atoms with E-state index in [4.69, 9.17) is 11.6 Å². The lowest BCUT2D eigenvalue weighted by Gasteiger charge is -2.05. The Labute approximate surface area is 135 Å². The van der Waals surface area contributed by atoms with Crippen LogP contribution in [0.15, 0.2) is 42.7 Å². The van der Waals surface area contributed by atoms with Crippen molar-refractivity contribution < 1.29 is 4.79 Å². The summed E-state index contributed by atoms with van der Waals surface area (Å²) in [5.74, 6) is 0.392. The Morgan fingerprint density at radius 1 is 1.36 bits per heavy atom. The van der Waals surface area contributed by atoms with E-state index in [0.29, 0.717) is 24.0 Å². The van der Waals surface area contributed by atoms with Crippen LogP contribution in [0.3, 0.4) is 0 Å². The van der Waals surface area contributed by atoms with Gasteiger partial charge in [0.1, 0.15) is 0 Å². The fourth-order valence-electron chi connectivity index (χ4n) is 1.98. The Bertz CT molecular complexity index is 644. The van der Waals surface area contributed by atoms with E-state index in [2.05, 4.69) is 36.4 Å². The number of carbonyl (C=O) groups is 1. The number of rotatable bonds is 6. The Hall–Kier alpha value is -2.07. The van der Waals surface area contributed by atoms with E-state index in [1.165, 1.54) is 5.56 Å². The number of halogens is 1. The number of hydrogen-bond donors (Lipinski definition) is 1. The van der Waals surface area contributed by atoms with Crippen LogP contribution < -0.4 is 5.32 Å². The van der Waals surface area contributed by atoms with Gasteiger partial charge >= 0.3 is 0 Å². The third-order valence-electron chi connectivity index (χ3n) is 3.27. The molecular formula is C17H20ClN3O. The number of benzene rings is 1. The van der Waals surface area contributed by atoms with E-state index >= 15 is 0 Å². The molecule has 5 heteroatoms. The first kappa shape index (κ1) is 16.3. The molecule has 0 aliphatic rings. The Morgan fingerprint density at radius 3 is 2.68 bits per heavy atom.